The summed E-state index contributed by atoms with van der Waals surface area (Å²) in [6, 6.07) is 9.32. The summed E-state index contributed by atoms with van der Waals surface area (Å²) in [5.41, 5.74) is 4.90. The molecule has 0 unspecified atom stereocenters. The Morgan fingerprint density at radius 3 is 2.18 bits per heavy atom. The maximum absolute atomic E-state index is 12.5. The molecule has 0 fully saturated rings. The van der Waals surface area contributed by atoms with E-state index in [4.69, 9.17) is 5.26 Å². The van der Waals surface area contributed by atoms with E-state index in [0.29, 0.717) is 12.0 Å². The number of nitriles is 1. The van der Waals surface area contributed by atoms with Gasteiger partial charge in [-0.1, -0.05) is 19.1 Å². The van der Waals surface area contributed by atoms with E-state index >= 15 is 0 Å². The minimum absolute atomic E-state index is 0.135. The van der Waals surface area contributed by atoms with E-state index in [1.54, 1.807) is 12.1 Å². The molecule has 0 N–H and O–H groups in total. The fourth-order valence-corrected chi connectivity index (χ4v) is 4.62. The lowest BCUT2D eigenvalue weighted by Gasteiger charge is -2.10. The van der Waals surface area contributed by atoms with Crippen molar-refractivity contribution in [3.63, 3.8) is 0 Å². The molecular weight excluding hydrogens is 296 g/mol. The van der Waals surface area contributed by atoms with Crippen molar-refractivity contribution in [2.45, 2.75) is 34.1 Å². The van der Waals surface area contributed by atoms with E-state index in [0.717, 1.165) is 28.1 Å². The van der Waals surface area contributed by atoms with Crippen LogP contribution in [0.2, 0.25) is 0 Å². The lowest BCUT2D eigenvalue weighted by molar-refractivity contribution is 0.583. The number of nitrogens with zero attached hydrogens (tertiary/aromatic N) is 2. The van der Waals surface area contributed by atoms with E-state index in [2.05, 4.69) is 6.07 Å². The molecule has 0 spiro atoms. The van der Waals surface area contributed by atoms with Gasteiger partial charge in [0.05, 0.1) is 17.4 Å². The molecule has 0 saturated heterocycles. The van der Waals surface area contributed by atoms with Crippen LogP contribution in [0.25, 0.3) is 11.1 Å². The van der Waals surface area contributed by atoms with Crippen LogP contribution < -0.4 is 0 Å². The van der Waals surface area contributed by atoms with Crippen molar-refractivity contribution in [1.82, 2.24) is 3.97 Å². The average Bonchev–Trinajstić information content (AvgIpc) is 2.70. The van der Waals surface area contributed by atoms with E-state index in [1.165, 1.54) is 3.97 Å². The predicted octanol–water partition coefficient (Wildman–Crippen LogP) is 3.54. The maximum Gasteiger partial charge on any atom is 0.238 e. The van der Waals surface area contributed by atoms with Crippen LogP contribution in [-0.2, 0) is 10.0 Å². The smallest absolute Gasteiger partial charge is 0.238 e. The Kier molecular flexibility index (Phi) is 4.43. The fraction of sp³-hybridized carbons (Fsp3) is 0.353. The largest absolute Gasteiger partial charge is 0.246 e. The first-order valence-corrected chi connectivity index (χ1v) is 8.86. The molecule has 0 aliphatic carbocycles. The quantitative estimate of drug-likeness (QED) is 0.866. The molecule has 0 saturated carbocycles. The summed E-state index contributed by atoms with van der Waals surface area (Å²) >= 11 is 0. The summed E-state index contributed by atoms with van der Waals surface area (Å²) in [4.78, 5) is 0. The van der Waals surface area contributed by atoms with E-state index in [-0.39, 0.29) is 5.75 Å². The molecule has 0 amide bonds. The zero-order valence-corrected chi connectivity index (χ0v) is 14.2. The third kappa shape index (κ3) is 2.67. The van der Waals surface area contributed by atoms with Gasteiger partial charge in [0.15, 0.2) is 0 Å². The van der Waals surface area contributed by atoms with Gasteiger partial charge < -0.3 is 0 Å². The van der Waals surface area contributed by atoms with E-state index < -0.39 is 10.0 Å². The van der Waals surface area contributed by atoms with Crippen LogP contribution in [0.1, 0.15) is 35.9 Å². The van der Waals surface area contributed by atoms with Crippen molar-refractivity contribution in [1.29, 1.82) is 5.26 Å². The monoisotopic (exact) mass is 316 g/mol. The fourth-order valence-electron chi connectivity index (χ4n) is 2.86. The van der Waals surface area contributed by atoms with Gasteiger partial charge in [-0.25, -0.2) is 12.4 Å². The van der Waals surface area contributed by atoms with Crippen molar-refractivity contribution in [3.05, 3.63) is 46.8 Å². The minimum atomic E-state index is -3.33. The number of aromatic nitrogens is 1. The molecule has 116 valence electrons. The van der Waals surface area contributed by atoms with Crippen molar-refractivity contribution in [2.24, 2.45) is 0 Å². The highest BCUT2D eigenvalue weighted by atomic mass is 32.2. The SMILES string of the molecule is CCCS(=O)(=O)n1c(C)c(C)c(-c2ccc(C#N)cc2)c1C. The molecule has 4 nitrogen and oxygen atoms in total. The molecule has 1 heterocycles. The second-order valence-corrected chi connectivity index (χ2v) is 7.38. The van der Waals surface area contributed by atoms with Crippen LogP contribution in [0.3, 0.4) is 0 Å². The Labute approximate surface area is 132 Å². The van der Waals surface area contributed by atoms with Crippen LogP contribution >= 0.6 is 0 Å². The third-order valence-electron chi connectivity index (χ3n) is 3.93. The summed E-state index contributed by atoms with van der Waals surface area (Å²) in [6.07, 6.45) is 0.588. The van der Waals surface area contributed by atoms with Crippen LogP contribution in [0.4, 0.5) is 0 Å². The van der Waals surface area contributed by atoms with Crippen molar-refractivity contribution >= 4 is 10.0 Å². The highest BCUT2D eigenvalue weighted by Crippen LogP contribution is 2.33. The van der Waals surface area contributed by atoms with Gasteiger partial charge in [0.25, 0.3) is 0 Å². The Bertz CT molecular complexity index is 838. The molecule has 5 heteroatoms. The lowest BCUT2D eigenvalue weighted by Crippen LogP contribution is -2.18. The standard InChI is InChI=1S/C17H20N2O2S/c1-5-10-22(20,21)19-13(3)12(2)17(14(19)4)16-8-6-15(11-18)7-9-16/h6-9H,5,10H2,1-4H3. The van der Waals surface area contributed by atoms with Gasteiger partial charge in [0.2, 0.25) is 10.0 Å². The molecule has 0 bridgehead atoms. The molecule has 0 radical (unpaired) electrons. The Morgan fingerprint density at radius 2 is 1.68 bits per heavy atom. The van der Waals surface area contributed by atoms with Crippen LogP contribution in [0.15, 0.2) is 24.3 Å². The molecule has 22 heavy (non-hydrogen) atoms. The predicted molar refractivity (Wildman–Crippen MR) is 88.3 cm³/mol. The molecule has 2 aromatic rings. The highest BCUT2D eigenvalue weighted by Gasteiger charge is 2.23. The molecule has 1 aromatic carbocycles. The zero-order chi connectivity index (χ0) is 16.5. The minimum Gasteiger partial charge on any atom is -0.246 e. The molecule has 1 aromatic heterocycles. The van der Waals surface area contributed by atoms with E-state index in [1.807, 2.05) is 39.8 Å². The second-order valence-electron chi connectivity index (χ2n) is 5.44. The van der Waals surface area contributed by atoms with Gasteiger partial charge in [-0.05, 0) is 50.5 Å². The van der Waals surface area contributed by atoms with Crippen molar-refractivity contribution in [3.8, 4) is 17.2 Å². The topological polar surface area (TPSA) is 62.9 Å². The molecule has 0 aliphatic rings. The Morgan fingerprint density at radius 1 is 1.09 bits per heavy atom. The molecule has 2 rings (SSSR count). The van der Waals surface area contributed by atoms with Gasteiger partial charge >= 0.3 is 0 Å². The lowest BCUT2D eigenvalue weighted by atomic mass is 10.0. The summed E-state index contributed by atoms with van der Waals surface area (Å²) in [5, 5.41) is 8.89. The van der Waals surface area contributed by atoms with Crippen LogP contribution in [-0.4, -0.2) is 18.1 Å². The Balaban J connectivity index is 2.67. The van der Waals surface area contributed by atoms with Crippen LogP contribution in [0, 0.1) is 32.1 Å². The van der Waals surface area contributed by atoms with Gasteiger partial charge in [0, 0.05) is 17.0 Å². The third-order valence-corrected chi connectivity index (χ3v) is 5.96. The zero-order valence-electron chi connectivity index (χ0n) is 13.3. The number of hydrogen-bond acceptors (Lipinski definition) is 3. The molecule has 0 aliphatic heterocycles. The van der Waals surface area contributed by atoms with Gasteiger partial charge in [-0.2, -0.15) is 5.26 Å². The van der Waals surface area contributed by atoms with Gasteiger partial charge in [0.1, 0.15) is 0 Å². The maximum atomic E-state index is 12.5. The number of benzene rings is 1. The molecular formula is C17H20N2O2S. The normalized spacial score (nSPS) is 11.4. The number of hydrogen-bond donors (Lipinski definition) is 0. The average molecular weight is 316 g/mol. The first-order chi connectivity index (χ1) is 10.3. The first kappa shape index (κ1) is 16.3. The van der Waals surface area contributed by atoms with Gasteiger partial charge in [-0.15, -0.1) is 0 Å². The summed E-state index contributed by atoms with van der Waals surface area (Å²) in [6.45, 7) is 7.47. The van der Waals surface area contributed by atoms with Gasteiger partial charge in [-0.3, -0.25) is 0 Å². The highest BCUT2D eigenvalue weighted by molar-refractivity contribution is 7.89. The van der Waals surface area contributed by atoms with Crippen molar-refractivity contribution < 1.29 is 8.42 Å². The molecule has 0 atom stereocenters. The number of rotatable bonds is 4. The summed E-state index contributed by atoms with van der Waals surface area (Å²) in [5.74, 6) is 0.135. The van der Waals surface area contributed by atoms with Crippen molar-refractivity contribution in [2.75, 3.05) is 5.75 Å². The first-order valence-electron chi connectivity index (χ1n) is 7.25. The van der Waals surface area contributed by atoms with E-state index in [9.17, 15) is 8.42 Å². The Hall–Kier alpha value is -2.06. The summed E-state index contributed by atoms with van der Waals surface area (Å²) in [7, 11) is -3.33. The van der Waals surface area contributed by atoms with Crippen LogP contribution in [0.5, 0.6) is 0 Å². The second kappa shape index (κ2) is 5.98. The summed E-state index contributed by atoms with van der Waals surface area (Å²) < 4.78 is 26.4.